The van der Waals surface area contributed by atoms with Crippen molar-refractivity contribution in [2.45, 2.75) is 61.7 Å². The van der Waals surface area contributed by atoms with Gasteiger partial charge in [0.2, 0.25) is 10.0 Å². The van der Waals surface area contributed by atoms with E-state index in [0.29, 0.717) is 31.4 Å². The van der Waals surface area contributed by atoms with Crippen LogP contribution < -0.4 is 0 Å². The van der Waals surface area contributed by atoms with Crippen LogP contribution in [0, 0.1) is 0 Å². The van der Waals surface area contributed by atoms with E-state index in [0.717, 1.165) is 34.4 Å². The summed E-state index contributed by atoms with van der Waals surface area (Å²) in [5, 5.41) is 8.53. The third-order valence-corrected chi connectivity index (χ3v) is 8.04. The SMILES string of the molecule is CN([C@@H]1CCCC2=C1C=NC(CC(=O)O)CC2)S(=O)(=O)c1ccc(C(F)(F)F)cc1Cl. The number of aliphatic imine (C=N–C) groups is 1. The van der Waals surface area contributed by atoms with Gasteiger partial charge >= 0.3 is 12.1 Å². The van der Waals surface area contributed by atoms with Crippen molar-refractivity contribution in [1.29, 1.82) is 0 Å². The number of hydrogen-bond donors (Lipinski definition) is 1. The highest BCUT2D eigenvalue weighted by atomic mass is 35.5. The summed E-state index contributed by atoms with van der Waals surface area (Å²) in [6.07, 6.45) is 0.0478. The molecule has 1 N–H and O–H groups in total. The summed E-state index contributed by atoms with van der Waals surface area (Å²) in [5.74, 6) is -0.949. The molecule has 1 aromatic carbocycles. The zero-order chi connectivity index (χ0) is 23.0. The van der Waals surface area contributed by atoms with Gasteiger partial charge in [0.1, 0.15) is 4.90 Å². The topological polar surface area (TPSA) is 87.0 Å². The molecule has 1 aliphatic heterocycles. The molecule has 1 heterocycles. The largest absolute Gasteiger partial charge is 0.481 e. The molecule has 0 radical (unpaired) electrons. The Bertz CT molecular complexity index is 1040. The van der Waals surface area contributed by atoms with Crippen LogP contribution in [0.2, 0.25) is 5.02 Å². The first-order valence-corrected chi connectivity index (χ1v) is 11.5. The van der Waals surface area contributed by atoms with Gasteiger partial charge < -0.3 is 5.11 Å². The van der Waals surface area contributed by atoms with Crippen LogP contribution in [0.1, 0.15) is 44.1 Å². The number of carboxylic acids is 1. The van der Waals surface area contributed by atoms with E-state index in [1.165, 1.54) is 7.05 Å². The minimum absolute atomic E-state index is 0.100. The van der Waals surface area contributed by atoms with Crippen LogP contribution in [0.3, 0.4) is 0 Å². The van der Waals surface area contributed by atoms with E-state index in [1.54, 1.807) is 6.21 Å². The molecule has 0 saturated heterocycles. The number of halogens is 4. The molecule has 0 fully saturated rings. The van der Waals surface area contributed by atoms with E-state index in [2.05, 4.69) is 4.99 Å². The van der Waals surface area contributed by atoms with Gasteiger partial charge in [-0.1, -0.05) is 17.2 Å². The fraction of sp³-hybridized carbons (Fsp3) is 0.500. The summed E-state index contributed by atoms with van der Waals surface area (Å²) >= 11 is 5.93. The first kappa shape index (κ1) is 23.7. The molecular weight excluding hydrogens is 457 g/mol. The molecule has 0 aromatic heterocycles. The fourth-order valence-corrected chi connectivity index (χ4v) is 5.92. The Labute approximate surface area is 183 Å². The maximum absolute atomic E-state index is 13.2. The Hall–Kier alpha value is -1.91. The molecule has 170 valence electrons. The Morgan fingerprint density at radius 1 is 1.29 bits per heavy atom. The van der Waals surface area contributed by atoms with Gasteiger partial charge in [0.05, 0.1) is 29.1 Å². The minimum Gasteiger partial charge on any atom is -0.481 e. The molecule has 3 rings (SSSR count). The van der Waals surface area contributed by atoms with Crippen molar-refractivity contribution in [2.75, 3.05) is 7.05 Å². The van der Waals surface area contributed by atoms with E-state index in [9.17, 15) is 26.4 Å². The van der Waals surface area contributed by atoms with Gasteiger partial charge in [-0.2, -0.15) is 17.5 Å². The second-order valence-electron chi connectivity index (χ2n) is 7.70. The summed E-state index contributed by atoms with van der Waals surface area (Å²) in [4.78, 5) is 15.0. The van der Waals surface area contributed by atoms with Gasteiger partial charge in [0, 0.05) is 13.3 Å². The summed E-state index contributed by atoms with van der Waals surface area (Å²) in [6, 6.07) is 1.24. The lowest BCUT2D eigenvalue weighted by molar-refractivity contribution is -0.138. The lowest BCUT2D eigenvalue weighted by atomic mass is 9.86. The average molecular weight is 479 g/mol. The minimum atomic E-state index is -4.63. The number of sulfonamides is 1. The van der Waals surface area contributed by atoms with Gasteiger partial charge in [-0.15, -0.1) is 0 Å². The van der Waals surface area contributed by atoms with Crippen molar-refractivity contribution in [2.24, 2.45) is 4.99 Å². The predicted molar refractivity (Wildman–Crippen MR) is 110 cm³/mol. The molecular formula is C20H22ClF3N2O4S. The van der Waals surface area contributed by atoms with Gasteiger partial charge in [-0.05, 0) is 55.9 Å². The Morgan fingerprint density at radius 3 is 2.61 bits per heavy atom. The van der Waals surface area contributed by atoms with Crippen LogP contribution in [0.5, 0.6) is 0 Å². The van der Waals surface area contributed by atoms with E-state index in [1.807, 2.05) is 0 Å². The third-order valence-electron chi connectivity index (χ3n) is 5.69. The van der Waals surface area contributed by atoms with Crippen LogP contribution >= 0.6 is 11.6 Å². The Balaban J connectivity index is 1.92. The smallest absolute Gasteiger partial charge is 0.416 e. The molecule has 1 unspecified atom stereocenters. The molecule has 0 saturated carbocycles. The average Bonchev–Trinajstić information content (AvgIpc) is 2.88. The summed E-state index contributed by atoms with van der Waals surface area (Å²) in [5.41, 5.74) is 0.740. The summed E-state index contributed by atoms with van der Waals surface area (Å²) in [7, 11) is -2.81. The maximum atomic E-state index is 13.2. The predicted octanol–water partition coefficient (Wildman–Crippen LogP) is 4.54. The lowest BCUT2D eigenvalue weighted by Gasteiger charge is -2.33. The molecule has 1 aromatic rings. The molecule has 2 atom stereocenters. The molecule has 6 nitrogen and oxygen atoms in total. The first-order valence-electron chi connectivity index (χ1n) is 9.73. The van der Waals surface area contributed by atoms with Crippen LogP contribution in [-0.2, 0) is 21.0 Å². The van der Waals surface area contributed by atoms with Crippen LogP contribution in [0.25, 0.3) is 0 Å². The first-order chi connectivity index (χ1) is 14.4. The standard InChI is InChI=1S/C20H22ClF3N2O4S/c1-26(31(29,30)18-8-6-13(9-16(18)21)20(22,23)24)17-4-2-3-12-5-7-14(10-19(27)28)25-11-15(12)17/h6,8-9,11,14,17H,2-5,7,10H2,1H3,(H,27,28)/t14?,17-/m1/s1. The van der Waals surface area contributed by atoms with Crippen molar-refractivity contribution in [3.05, 3.63) is 39.9 Å². The number of nitrogens with zero attached hydrogens (tertiary/aromatic N) is 2. The second-order valence-corrected chi connectivity index (χ2v) is 10.1. The molecule has 31 heavy (non-hydrogen) atoms. The maximum Gasteiger partial charge on any atom is 0.416 e. The van der Waals surface area contributed by atoms with E-state index in [-0.39, 0.29) is 12.5 Å². The summed E-state index contributed by atoms with van der Waals surface area (Å²) < 4.78 is 66.2. The van der Waals surface area contributed by atoms with Gasteiger partial charge in [-0.25, -0.2) is 8.42 Å². The van der Waals surface area contributed by atoms with E-state index >= 15 is 0 Å². The van der Waals surface area contributed by atoms with Crippen LogP contribution in [0.4, 0.5) is 13.2 Å². The van der Waals surface area contributed by atoms with Crippen molar-refractivity contribution in [1.82, 2.24) is 4.31 Å². The zero-order valence-corrected chi connectivity index (χ0v) is 18.3. The van der Waals surface area contributed by atoms with Gasteiger partial charge in [0.15, 0.2) is 0 Å². The fourth-order valence-electron chi connectivity index (χ4n) is 4.04. The Kier molecular flexibility index (Phi) is 6.83. The quantitative estimate of drug-likeness (QED) is 0.673. The zero-order valence-electron chi connectivity index (χ0n) is 16.7. The molecule has 2 aliphatic rings. The van der Waals surface area contributed by atoms with Crippen molar-refractivity contribution in [3.63, 3.8) is 0 Å². The molecule has 0 amide bonds. The van der Waals surface area contributed by atoms with Crippen molar-refractivity contribution < 1.29 is 31.5 Å². The van der Waals surface area contributed by atoms with E-state index < -0.39 is 43.7 Å². The molecule has 11 heteroatoms. The number of aliphatic carboxylic acids is 1. The number of allylic oxidation sites excluding steroid dienone is 1. The molecule has 0 spiro atoms. The monoisotopic (exact) mass is 478 g/mol. The van der Waals surface area contributed by atoms with Crippen molar-refractivity contribution >= 4 is 33.8 Å². The van der Waals surface area contributed by atoms with Crippen LogP contribution in [0.15, 0.2) is 39.2 Å². The highest BCUT2D eigenvalue weighted by molar-refractivity contribution is 7.89. The number of hydrogen-bond acceptors (Lipinski definition) is 4. The lowest BCUT2D eigenvalue weighted by Crippen LogP contribution is -2.40. The highest BCUT2D eigenvalue weighted by Gasteiger charge is 2.37. The Morgan fingerprint density at radius 2 is 2.00 bits per heavy atom. The number of rotatable bonds is 5. The van der Waals surface area contributed by atoms with Gasteiger partial charge in [-0.3, -0.25) is 9.79 Å². The highest BCUT2D eigenvalue weighted by Crippen LogP contribution is 2.37. The second kappa shape index (κ2) is 8.91. The van der Waals surface area contributed by atoms with E-state index in [4.69, 9.17) is 16.7 Å². The van der Waals surface area contributed by atoms with Crippen molar-refractivity contribution in [3.8, 4) is 0 Å². The third kappa shape index (κ3) is 5.12. The molecule has 1 aliphatic carbocycles. The number of likely N-dealkylation sites (N-methyl/N-ethyl adjacent to an activating group) is 1. The number of carbonyl (C=O) groups is 1. The normalized spacial score (nSPS) is 22.4. The summed E-state index contributed by atoms with van der Waals surface area (Å²) in [6.45, 7) is 0. The molecule has 0 bridgehead atoms. The number of benzene rings is 1. The van der Waals surface area contributed by atoms with Crippen LogP contribution in [-0.4, -0.2) is 49.1 Å². The number of carboxylic acid groups (broad SMARTS) is 1. The number of alkyl halides is 3. The van der Waals surface area contributed by atoms with Gasteiger partial charge in [0.25, 0.3) is 0 Å².